The van der Waals surface area contributed by atoms with Gasteiger partial charge in [0.2, 0.25) is 0 Å². The van der Waals surface area contributed by atoms with Crippen LogP contribution < -0.4 is 11.0 Å². The van der Waals surface area contributed by atoms with Gasteiger partial charge in [-0.25, -0.2) is 10.4 Å². The Labute approximate surface area is 156 Å². The highest BCUT2D eigenvalue weighted by Gasteiger charge is 2.36. The molecule has 0 saturated heterocycles. The van der Waals surface area contributed by atoms with E-state index in [0.29, 0.717) is 0 Å². The van der Waals surface area contributed by atoms with Crippen LogP contribution in [0.1, 0.15) is 30.5 Å². The molecule has 0 fully saturated rings. The second-order valence-corrected chi connectivity index (χ2v) is 6.26. The van der Waals surface area contributed by atoms with Gasteiger partial charge in [0, 0.05) is 13.1 Å². The molecule has 0 aliphatic heterocycles. The van der Waals surface area contributed by atoms with Gasteiger partial charge in [0.15, 0.2) is 0 Å². The molecule has 3 aromatic rings. The lowest BCUT2D eigenvalue weighted by molar-refractivity contribution is 0.142. The van der Waals surface area contributed by atoms with Crippen LogP contribution in [0.3, 0.4) is 0 Å². The minimum atomic E-state index is -0.494. The van der Waals surface area contributed by atoms with E-state index in [2.05, 4.69) is 121 Å². The Kier molecular flexibility index (Phi) is 6.18. The number of rotatable bonds is 8. The Morgan fingerprint density at radius 3 is 1.27 bits per heavy atom. The molecule has 3 rings (SSSR count). The van der Waals surface area contributed by atoms with Crippen LogP contribution in [0.5, 0.6) is 0 Å². The molecule has 0 amide bonds. The first-order valence-corrected chi connectivity index (χ1v) is 9.25. The van der Waals surface area contributed by atoms with Crippen molar-refractivity contribution in [3.63, 3.8) is 0 Å². The van der Waals surface area contributed by atoms with Gasteiger partial charge in [0.05, 0.1) is 0 Å². The molecule has 0 bridgehead atoms. The van der Waals surface area contributed by atoms with Gasteiger partial charge >= 0.3 is 0 Å². The van der Waals surface area contributed by atoms with Crippen LogP contribution in [0.2, 0.25) is 0 Å². The van der Waals surface area contributed by atoms with Gasteiger partial charge in [-0.05, 0) is 16.7 Å². The highest BCUT2D eigenvalue weighted by molar-refractivity contribution is 5.49. The van der Waals surface area contributed by atoms with Crippen LogP contribution in [-0.4, -0.2) is 18.1 Å². The summed E-state index contributed by atoms with van der Waals surface area (Å²) in [7, 11) is 0. The maximum absolute atomic E-state index is 3.66. The normalized spacial score (nSPS) is 11.7. The zero-order chi connectivity index (χ0) is 18.2. The second-order valence-electron chi connectivity index (χ2n) is 6.26. The first-order chi connectivity index (χ1) is 12.8. The molecule has 0 aromatic heterocycles. The number of hydrogen-bond donors (Lipinski definition) is 2. The highest BCUT2D eigenvalue weighted by atomic mass is 15.7. The molecule has 3 nitrogen and oxygen atoms in total. The largest absolute Gasteiger partial charge is 0.231 e. The summed E-state index contributed by atoms with van der Waals surface area (Å²) in [6, 6.07) is 31.8. The molecule has 3 heteroatoms. The number of nitrogens with one attached hydrogen (secondary N) is 2. The lowest BCUT2D eigenvalue weighted by Crippen LogP contribution is -2.57. The summed E-state index contributed by atoms with van der Waals surface area (Å²) in [5.74, 6) is 0. The fourth-order valence-electron chi connectivity index (χ4n) is 3.33. The molecule has 0 radical (unpaired) electrons. The summed E-state index contributed by atoms with van der Waals surface area (Å²) in [6.07, 6.45) is 0. The van der Waals surface area contributed by atoms with Crippen molar-refractivity contribution in [3.05, 3.63) is 108 Å². The third kappa shape index (κ3) is 3.70. The zero-order valence-corrected chi connectivity index (χ0v) is 15.5. The quantitative estimate of drug-likeness (QED) is 0.470. The SMILES string of the molecule is CCN(CC)NNC(c1ccccc1)(c1ccccc1)c1ccccc1. The highest BCUT2D eigenvalue weighted by Crippen LogP contribution is 2.36. The maximum atomic E-state index is 3.66. The Morgan fingerprint density at radius 1 is 0.615 bits per heavy atom. The van der Waals surface area contributed by atoms with E-state index >= 15 is 0 Å². The molecule has 134 valence electrons. The van der Waals surface area contributed by atoms with Crippen molar-refractivity contribution in [1.29, 1.82) is 0 Å². The van der Waals surface area contributed by atoms with E-state index in [0.717, 1.165) is 13.1 Å². The molecular formula is C23H27N3. The summed E-state index contributed by atoms with van der Waals surface area (Å²) in [4.78, 5) is 0. The van der Waals surface area contributed by atoms with Gasteiger partial charge in [-0.1, -0.05) is 105 Å². The van der Waals surface area contributed by atoms with Gasteiger partial charge in [0.1, 0.15) is 5.54 Å². The summed E-state index contributed by atoms with van der Waals surface area (Å²) < 4.78 is 0. The Hall–Kier alpha value is -2.46. The summed E-state index contributed by atoms with van der Waals surface area (Å²) in [5, 5.41) is 2.16. The summed E-state index contributed by atoms with van der Waals surface area (Å²) >= 11 is 0. The molecule has 2 N–H and O–H groups in total. The summed E-state index contributed by atoms with van der Waals surface area (Å²) in [5.41, 5.74) is 10.2. The predicted molar refractivity (Wildman–Crippen MR) is 108 cm³/mol. The number of benzene rings is 3. The van der Waals surface area contributed by atoms with E-state index in [9.17, 15) is 0 Å². The van der Waals surface area contributed by atoms with Crippen LogP contribution >= 0.6 is 0 Å². The predicted octanol–water partition coefficient (Wildman–Crippen LogP) is 4.33. The van der Waals surface area contributed by atoms with Crippen LogP contribution in [0, 0.1) is 0 Å². The fourth-order valence-corrected chi connectivity index (χ4v) is 3.33. The third-order valence-corrected chi connectivity index (χ3v) is 4.79. The lowest BCUT2D eigenvalue weighted by Gasteiger charge is -2.38. The van der Waals surface area contributed by atoms with E-state index in [4.69, 9.17) is 0 Å². The van der Waals surface area contributed by atoms with Crippen molar-refractivity contribution in [1.82, 2.24) is 16.0 Å². The van der Waals surface area contributed by atoms with E-state index in [-0.39, 0.29) is 0 Å². The Bertz CT molecular complexity index is 672. The van der Waals surface area contributed by atoms with Crippen LogP contribution in [0.25, 0.3) is 0 Å². The van der Waals surface area contributed by atoms with Crippen molar-refractivity contribution in [3.8, 4) is 0 Å². The number of nitrogens with zero attached hydrogens (tertiary/aromatic N) is 1. The van der Waals surface area contributed by atoms with Gasteiger partial charge in [-0.2, -0.15) is 5.53 Å². The molecule has 0 atom stereocenters. The average Bonchev–Trinajstić information content (AvgIpc) is 2.74. The molecule has 0 heterocycles. The smallest absolute Gasteiger partial charge is 0.109 e. The van der Waals surface area contributed by atoms with E-state index in [1.54, 1.807) is 0 Å². The van der Waals surface area contributed by atoms with E-state index < -0.39 is 5.54 Å². The zero-order valence-electron chi connectivity index (χ0n) is 15.5. The van der Waals surface area contributed by atoms with Gasteiger partial charge < -0.3 is 0 Å². The van der Waals surface area contributed by atoms with Crippen molar-refractivity contribution in [2.24, 2.45) is 0 Å². The molecule has 0 saturated carbocycles. The van der Waals surface area contributed by atoms with Crippen molar-refractivity contribution in [2.75, 3.05) is 13.1 Å². The minimum absolute atomic E-state index is 0.494. The molecule has 0 aliphatic rings. The molecule has 0 spiro atoms. The van der Waals surface area contributed by atoms with Crippen LogP contribution in [-0.2, 0) is 5.54 Å². The van der Waals surface area contributed by atoms with Gasteiger partial charge in [-0.3, -0.25) is 0 Å². The average molecular weight is 345 g/mol. The van der Waals surface area contributed by atoms with Gasteiger partial charge in [-0.15, -0.1) is 0 Å². The van der Waals surface area contributed by atoms with Crippen molar-refractivity contribution in [2.45, 2.75) is 19.4 Å². The minimum Gasteiger partial charge on any atom is -0.231 e. The number of hydrazine groups is 2. The van der Waals surface area contributed by atoms with E-state index in [1.807, 2.05) is 0 Å². The van der Waals surface area contributed by atoms with Crippen molar-refractivity contribution < 1.29 is 0 Å². The van der Waals surface area contributed by atoms with Crippen LogP contribution in [0.15, 0.2) is 91.0 Å². The number of hydrogen-bond acceptors (Lipinski definition) is 3. The Morgan fingerprint density at radius 2 is 0.962 bits per heavy atom. The molecular weight excluding hydrogens is 318 g/mol. The second kappa shape index (κ2) is 8.77. The lowest BCUT2D eigenvalue weighted by atomic mass is 9.77. The maximum Gasteiger partial charge on any atom is 0.109 e. The van der Waals surface area contributed by atoms with Crippen molar-refractivity contribution >= 4 is 0 Å². The molecule has 0 unspecified atom stereocenters. The third-order valence-electron chi connectivity index (χ3n) is 4.79. The van der Waals surface area contributed by atoms with Crippen LogP contribution in [0.4, 0.5) is 0 Å². The topological polar surface area (TPSA) is 27.3 Å². The Balaban J connectivity index is 2.18. The standard InChI is InChI=1S/C23H27N3/c1-3-26(4-2)25-24-23(20-14-8-5-9-15-20,21-16-10-6-11-17-21)22-18-12-7-13-19-22/h5-19,24-25H,3-4H2,1-2H3. The molecule has 26 heavy (non-hydrogen) atoms. The van der Waals surface area contributed by atoms with Gasteiger partial charge in [0.25, 0.3) is 0 Å². The first kappa shape index (κ1) is 18.3. The summed E-state index contributed by atoms with van der Waals surface area (Å²) in [6.45, 7) is 6.12. The molecule has 3 aromatic carbocycles. The monoisotopic (exact) mass is 345 g/mol. The van der Waals surface area contributed by atoms with E-state index in [1.165, 1.54) is 16.7 Å². The first-order valence-electron chi connectivity index (χ1n) is 9.25. The fraction of sp³-hybridized carbons (Fsp3) is 0.217. The molecule has 0 aliphatic carbocycles.